The molecule has 4 aromatic rings. The van der Waals surface area contributed by atoms with Gasteiger partial charge in [-0.05, 0) is 29.1 Å². The van der Waals surface area contributed by atoms with E-state index >= 15 is 0 Å². The van der Waals surface area contributed by atoms with Crippen molar-refractivity contribution in [2.45, 2.75) is 31.4 Å². The maximum Gasteiger partial charge on any atom is 0.310 e. The van der Waals surface area contributed by atoms with Crippen LogP contribution in [0.25, 0.3) is 10.8 Å². The lowest BCUT2D eigenvalue weighted by atomic mass is 10.1. The van der Waals surface area contributed by atoms with Gasteiger partial charge < -0.3 is 25.0 Å². The van der Waals surface area contributed by atoms with Gasteiger partial charge in [-0.15, -0.1) is 0 Å². The van der Waals surface area contributed by atoms with Crippen molar-refractivity contribution in [3.05, 3.63) is 102 Å². The van der Waals surface area contributed by atoms with Crippen LogP contribution in [-0.4, -0.2) is 66.5 Å². The minimum atomic E-state index is -1.21. The second-order valence-electron chi connectivity index (χ2n) is 10.6. The molecule has 45 heavy (non-hydrogen) atoms. The number of pyridine rings is 1. The Bertz CT molecular complexity index is 1760. The summed E-state index contributed by atoms with van der Waals surface area (Å²) in [6.45, 7) is -0.469. The minimum absolute atomic E-state index is 0.106. The zero-order chi connectivity index (χ0) is 31.3. The summed E-state index contributed by atoms with van der Waals surface area (Å²) in [5, 5.41) is 6.88. The van der Waals surface area contributed by atoms with E-state index < -0.39 is 48.6 Å². The number of rotatable bonds is 9. The van der Waals surface area contributed by atoms with E-state index in [1.807, 2.05) is 42.5 Å². The highest BCUT2D eigenvalue weighted by molar-refractivity contribution is 6.11. The second kappa shape index (κ2) is 12.9. The average Bonchev–Trinajstić information content (AvgIpc) is 3.37. The molecule has 4 amide bonds. The molecule has 0 unspecified atom stereocenters. The van der Waals surface area contributed by atoms with Gasteiger partial charge in [0.05, 0.1) is 30.9 Å². The van der Waals surface area contributed by atoms with Gasteiger partial charge in [-0.2, -0.15) is 0 Å². The molecule has 2 aliphatic rings. The number of aromatic nitrogens is 1. The van der Waals surface area contributed by atoms with Crippen molar-refractivity contribution >= 4 is 52.2 Å². The first-order valence-electron chi connectivity index (χ1n) is 14.3. The number of para-hydroxylation sites is 2. The summed E-state index contributed by atoms with van der Waals surface area (Å²) in [7, 11) is 0. The van der Waals surface area contributed by atoms with Crippen LogP contribution in [0.15, 0.2) is 91.1 Å². The summed E-state index contributed by atoms with van der Waals surface area (Å²) in [4.78, 5) is 71.9. The van der Waals surface area contributed by atoms with E-state index in [9.17, 15) is 24.0 Å². The van der Waals surface area contributed by atoms with Crippen LogP contribution >= 0.6 is 0 Å². The lowest BCUT2D eigenvalue weighted by Crippen LogP contribution is -2.54. The number of nitrogens with zero attached hydrogens (tertiary/aromatic N) is 3. The predicted octanol–water partition coefficient (Wildman–Crippen LogP) is 2.32. The van der Waals surface area contributed by atoms with E-state index in [-0.39, 0.29) is 25.3 Å². The molecule has 0 aliphatic carbocycles. The highest BCUT2D eigenvalue weighted by Gasteiger charge is 2.39. The van der Waals surface area contributed by atoms with Gasteiger partial charge in [0.2, 0.25) is 18.6 Å². The van der Waals surface area contributed by atoms with Crippen molar-refractivity contribution < 1.29 is 33.4 Å². The molecule has 2 aliphatic heterocycles. The summed E-state index contributed by atoms with van der Waals surface area (Å²) >= 11 is 0. The second-order valence-corrected chi connectivity index (χ2v) is 10.6. The Morgan fingerprint density at radius 1 is 0.933 bits per heavy atom. The number of anilines is 2. The van der Waals surface area contributed by atoms with Gasteiger partial charge in [0.1, 0.15) is 24.3 Å². The molecule has 0 radical (unpaired) electrons. The number of benzene rings is 3. The van der Waals surface area contributed by atoms with Gasteiger partial charge in [-0.25, -0.2) is 0 Å². The number of hydrogen-bond acceptors (Lipinski definition) is 8. The van der Waals surface area contributed by atoms with E-state index in [1.165, 1.54) is 16.0 Å². The van der Waals surface area contributed by atoms with Crippen LogP contribution in [0.5, 0.6) is 0 Å². The lowest BCUT2D eigenvalue weighted by Gasteiger charge is -2.26. The van der Waals surface area contributed by atoms with Crippen molar-refractivity contribution in [2.24, 2.45) is 0 Å². The molecule has 3 aromatic carbocycles. The van der Waals surface area contributed by atoms with Crippen LogP contribution < -0.4 is 20.4 Å². The molecular formula is C33H29N5O7. The van der Waals surface area contributed by atoms with Crippen LogP contribution in [0, 0.1) is 0 Å². The normalized spacial score (nSPS) is 19.4. The monoisotopic (exact) mass is 607 g/mol. The molecule has 12 nitrogen and oxygen atoms in total. The van der Waals surface area contributed by atoms with Crippen LogP contribution in [0.3, 0.4) is 0 Å². The smallest absolute Gasteiger partial charge is 0.310 e. The molecule has 0 bridgehead atoms. The van der Waals surface area contributed by atoms with E-state index in [2.05, 4.69) is 15.6 Å². The molecule has 1 aromatic heterocycles. The minimum Gasteiger partial charge on any atom is -0.433 e. The Kier molecular flexibility index (Phi) is 8.47. The summed E-state index contributed by atoms with van der Waals surface area (Å²) in [5.74, 6) is -2.33. The number of cyclic esters (lactones) is 1. The molecule has 228 valence electrons. The van der Waals surface area contributed by atoms with E-state index in [0.717, 1.165) is 10.9 Å². The Hall–Kier alpha value is -5.62. The van der Waals surface area contributed by atoms with Gasteiger partial charge >= 0.3 is 5.97 Å². The quantitative estimate of drug-likeness (QED) is 0.218. The highest BCUT2D eigenvalue weighted by Crippen LogP contribution is 2.32. The average molecular weight is 608 g/mol. The Labute approximate surface area is 257 Å². The number of amides is 4. The lowest BCUT2D eigenvalue weighted by molar-refractivity contribution is -0.168. The number of fused-ring (bicyclic) bond motifs is 2. The number of hydrogen-bond donors (Lipinski definition) is 2. The van der Waals surface area contributed by atoms with Gasteiger partial charge in [0.15, 0.2) is 0 Å². The number of esters is 1. The van der Waals surface area contributed by atoms with Crippen LogP contribution in [0.4, 0.5) is 11.4 Å². The topological polar surface area (TPSA) is 147 Å². The first kappa shape index (κ1) is 29.5. The first-order chi connectivity index (χ1) is 21.9. The maximum absolute atomic E-state index is 14.0. The SMILES string of the molecule is O=CN1C[C@H](NC(=O)c2nccc3ccccc23)C(=O)N(CC(=O)N[C@H]2CC(=O)O[C@H]2OCc2ccccc2)c2ccccc21. The van der Waals surface area contributed by atoms with Gasteiger partial charge in [0, 0.05) is 11.6 Å². The molecule has 6 rings (SSSR count). The van der Waals surface area contributed by atoms with Crippen molar-refractivity contribution in [1.29, 1.82) is 0 Å². The van der Waals surface area contributed by atoms with Crippen molar-refractivity contribution in [1.82, 2.24) is 15.6 Å². The predicted molar refractivity (Wildman–Crippen MR) is 163 cm³/mol. The van der Waals surface area contributed by atoms with Gasteiger partial charge in [0.25, 0.3) is 11.8 Å². The number of nitrogens with one attached hydrogen (secondary N) is 2. The third-order valence-corrected chi connectivity index (χ3v) is 7.61. The highest BCUT2D eigenvalue weighted by atomic mass is 16.7. The van der Waals surface area contributed by atoms with Gasteiger partial charge in [-0.1, -0.05) is 66.7 Å². The van der Waals surface area contributed by atoms with Crippen molar-refractivity contribution in [3.63, 3.8) is 0 Å². The molecule has 3 heterocycles. The third kappa shape index (κ3) is 6.36. The van der Waals surface area contributed by atoms with Crippen LogP contribution in [-0.2, 0) is 35.3 Å². The summed E-state index contributed by atoms with van der Waals surface area (Å²) in [6.07, 6.45) is 0.955. The molecule has 1 saturated heterocycles. The summed E-state index contributed by atoms with van der Waals surface area (Å²) in [5.41, 5.74) is 1.68. The molecule has 0 spiro atoms. The fourth-order valence-electron chi connectivity index (χ4n) is 5.47. The number of carbonyl (C=O) groups is 5. The van der Waals surface area contributed by atoms with E-state index in [4.69, 9.17) is 9.47 Å². The molecule has 2 N–H and O–H groups in total. The fraction of sp³-hybridized carbons (Fsp3) is 0.212. The van der Waals surface area contributed by atoms with E-state index in [0.29, 0.717) is 23.2 Å². The summed E-state index contributed by atoms with van der Waals surface area (Å²) < 4.78 is 11.1. The summed E-state index contributed by atoms with van der Waals surface area (Å²) in [6, 6.07) is 22.9. The first-order valence-corrected chi connectivity index (χ1v) is 14.3. The largest absolute Gasteiger partial charge is 0.433 e. The van der Waals surface area contributed by atoms with Crippen LogP contribution in [0.2, 0.25) is 0 Å². The number of ether oxygens (including phenoxy) is 2. The standard InChI is InChI=1S/C33H29N5O7/c39-20-37-17-25(36-31(42)30-23-11-5-4-10-22(23)14-15-34-30)32(43)38(27-13-7-6-12-26(27)37)18-28(40)35-24-16-29(41)45-33(24)44-19-21-8-2-1-3-9-21/h1-15,20,24-25,33H,16-19H2,(H,35,40)(H,36,42)/t24-,25-,33+/m0/s1. The molecular weight excluding hydrogens is 578 g/mol. The Morgan fingerprint density at radius 3 is 2.47 bits per heavy atom. The zero-order valence-electron chi connectivity index (χ0n) is 24.0. The molecule has 12 heteroatoms. The van der Waals surface area contributed by atoms with E-state index in [1.54, 1.807) is 42.5 Å². The Morgan fingerprint density at radius 2 is 1.67 bits per heavy atom. The van der Waals surface area contributed by atoms with Crippen molar-refractivity contribution in [3.8, 4) is 0 Å². The maximum atomic E-state index is 14.0. The van der Waals surface area contributed by atoms with Crippen LogP contribution in [0.1, 0.15) is 22.5 Å². The molecule has 3 atom stereocenters. The fourth-order valence-corrected chi connectivity index (χ4v) is 5.47. The third-order valence-electron chi connectivity index (χ3n) is 7.61. The molecule has 1 fully saturated rings. The van der Waals surface area contributed by atoms with Crippen molar-refractivity contribution in [2.75, 3.05) is 22.9 Å². The Balaban J connectivity index is 1.22. The van der Waals surface area contributed by atoms with Gasteiger partial charge in [-0.3, -0.25) is 33.9 Å². The molecule has 0 saturated carbocycles. The number of carbonyl (C=O) groups excluding carboxylic acids is 5. The zero-order valence-corrected chi connectivity index (χ0v) is 24.0.